The molecule has 1 rings (SSSR count). The molecule has 1 aromatic heterocycles. The molecule has 7 heteroatoms. The standard InChI is InChI=1S/C11H17BrN4O2/c1-4-13-9(17)7-16(5-2)11-14-6-8(12)10(15-11)18-3/h6H,4-5,7H2,1-3H3,(H,13,17). The van der Waals surface area contributed by atoms with Gasteiger partial charge in [0.1, 0.15) is 0 Å². The number of hydrogen-bond donors (Lipinski definition) is 1. The summed E-state index contributed by atoms with van der Waals surface area (Å²) < 4.78 is 5.79. The number of hydrogen-bond acceptors (Lipinski definition) is 5. The van der Waals surface area contributed by atoms with Gasteiger partial charge in [0, 0.05) is 13.1 Å². The molecule has 0 bridgehead atoms. The maximum atomic E-state index is 11.6. The number of halogens is 1. The van der Waals surface area contributed by atoms with E-state index in [1.54, 1.807) is 11.1 Å². The summed E-state index contributed by atoms with van der Waals surface area (Å²) in [6.07, 6.45) is 1.61. The van der Waals surface area contributed by atoms with E-state index in [4.69, 9.17) is 4.74 Å². The predicted molar refractivity (Wildman–Crippen MR) is 72.9 cm³/mol. The molecular weight excluding hydrogens is 300 g/mol. The van der Waals surface area contributed by atoms with Gasteiger partial charge in [0.05, 0.1) is 24.3 Å². The van der Waals surface area contributed by atoms with Gasteiger partial charge in [-0.1, -0.05) is 0 Å². The van der Waals surface area contributed by atoms with Crippen LogP contribution in [-0.2, 0) is 4.79 Å². The highest BCUT2D eigenvalue weighted by atomic mass is 79.9. The van der Waals surface area contributed by atoms with E-state index >= 15 is 0 Å². The molecule has 0 atom stereocenters. The molecule has 6 nitrogen and oxygen atoms in total. The first-order valence-electron chi connectivity index (χ1n) is 5.70. The third-order valence-electron chi connectivity index (χ3n) is 2.27. The summed E-state index contributed by atoms with van der Waals surface area (Å²) in [5, 5.41) is 2.74. The molecule has 0 aliphatic heterocycles. The van der Waals surface area contributed by atoms with Gasteiger partial charge in [-0.3, -0.25) is 4.79 Å². The van der Waals surface area contributed by atoms with Crippen LogP contribution in [0.4, 0.5) is 5.95 Å². The maximum Gasteiger partial charge on any atom is 0.239 e. The van der Waals surface area contributed by atoms with Crippen LogP contribution in [0.5, 0.6) is 5.88 Å². The van der Waals surface area contributed by atoms with Crippen molar-refractivity contribution in [2.45, 2.75) is 13.8 Å². The minimum Gasteiger partial charge on any atom is -0.480 e. The topological polar surface area (TPSA) is 67.4 Å². The number of ether oxygens (including phenoxy) is 1. The van der Waals surface area contributed by atoms with Crippen LogP contribution in [0.15, 0.2) is 10.7 Å². The van der Waals surface area contributed by atoms with Crippen LogP contribution in [-0.4, -0.2) is 42.6 Å². The Kier molecular flexibility index (Phi) is 5.84. The maximum absolute atomic E-state index is 11.6. The normalized spacial score (nSPS) is 10.0. The number of nitrogens with one attached hydrogen (secondary N) is 1. The van der Waals surface area contributed by atoms with Gasteiger partial charge in [-0.05, 0) is 29.8 Å². The average molecular weight is 317 g/mol. The Labute approximate surface area is 115 Å². The molecule has 0 saturated heterocycles. The summed E-state index contributed by atoms with van der Waals surface area (Å²) in [4.78, 5) is 21.8. The number of carbonyl (C=O) groups excluding carboxylic acids is 1. The second kappa shape index (κ2) is 7.15. The van der Waals surface area contributed by atoms with E-state index in [2.05, 4.69) is 31.2 Å². The van der Waals surface area contributed by atoms with Crippen LogP contribution in [0, 0.1) is 0 Å². The molecule has 0 radical (unpaired) electrons. The Morgan fingerprint density at radius 2 is 2.28 bits per heavy atom. The summed E-state index contributed by atoms with van der Waals surface area (Å²) >= 11 is 3.29. The fraction of sp³-hybridized carbons (Fsp3) is 0.545. The van der Waals surface area contributed by atoms with Crippen molar-refractivity contribution in [1.82, 2.24) is 15.3 Å². The van der Waals surface area contributed by atoms with Crippen LogP contribution in [0.1, 0.15) is 13.8 Å². The SMILES string of the molecule is CCNC(=O)CN(CC)c1ncc(Br)c(OC)n1. The summed E-state index contributed by atoms with van der Waals surface area (Å²) in [6, 6.07) is 0. The molecule has 0 fully saturated rings. The van der Waals surface area contributed by atoms with E-state index in [9.17, 15) is 4.79 Å². The first-order chi connectivity index (χ1) is 8.62. The second-order valence-corrected chi connectivity index (χ2v) is 4.35. The van der Waals surface area contributed by atoms with E-state index in [-0.39, 0.29) is 12.5 Å². The molecule has 0 spiro atoms. The number of carbonyl (C=O) groups is 1. The van der Waals surface area contributed by atoms with Gasteiger partial charge >= 0.3 is 0 Å². The number of rotatable bonds is 6. The predicted octanol–water partition coefficient (Wildman–Crippen LogP) is 1.21. The third-order valence-corrected chi connectivity index (χ3v) is 2.81. The molecular formula is C11H17BrN4O2. The number of aromatic nitrogens is 2. The zero-order valence-corrected chi connectivity index (χ0v) is 12.3. The highest BCUT2D eigenvalue weighted by molar-refractivity contribution is 9.10. The fourth-order valence-electron chi connectivity index (χ4n) is 1.39. The minimum absolute atomic E-state index is 0.0511. The lowest BCUT2D eigenvalue weighted by atomic mass is 10.4. The average Bonchev–Trinajstić information content (AvgIpc) is 2.37. The van der Waals surface area contributed by atoms with Crippen molar-refractivity contribution in [2.75, 3.05) is 31.6 Å². The lowest BCUT2D eigenvalue weighted by Crippen LogP contribution is -2.38. The first-order valence-corrected chi connectivity index (χ1v) is 6.49. The largest absolute Gasteiger partial charge is 0.480 e. The second-order valence-electron chi connectivity index (χ2n) is 3.49. The van der Waals surface area contributed by atoms with Crippen LogP contribution < -0.4 is 15.0 Å². The van der Waals surface area contributed by atoms with Gasteiger partial charge in [0.2, 0.25) is 17.7 Å². The lowest BCUT2D eigenvalue weighted by molar-refractivity contribution is -0.119. The fourth-order valence-corrected chi connectivity index (χ4v) is 1.74. The van der Waals surface area contributed by atoms with Crippen molar-refractivity contribution in [3.8, 4) is 5.88 Å². The van der Waals surface area contributed by atoms with E-state index in [1.807, 2.05) is 13.8 Å². The quantitative estimate of drug-likeness (QED) is 0.854. The zero-order chi connectivity index (χ0) is 13.5. The lowest BCUT2D eigenvalue weighted by Gasteiger charge is -2.20. The van der Waals surface area contributed by atoms with Gasteiger partial charge in [0.15, 0.2) is 0 Å². The van der Waals surface area contributed by atoms with Crippen LogP contribution in [0.25, 0.3) is 0 Å². The Balaban J connectivity index is 2.84. The van der Waals surface area contributed by atoms with Gasteiger partial charge < -0.3 is 15.0 Å². The Hall–Kier alpha value is -1.37. The molecule has 0 saturated carbocycles. The minimum atomic E-state index is -0.0511. The molecule has 1 N–H and O–H groups in total. The molecule has 1 aromatic rings. The summed E-state index contributed by atoms with van der Waals surface area (Å²) in [6.45, 7) is 5.31. The number of amides is 1. The molecule has 0 unspecified atom stereocenters. The number of methoxy groups -OCH3 is 1. The first kappa shape index (κ1) is 14.7. The molecule has 0 aromatic carbocycles. The smallest absolute Gasteiger partial charge is 0.239 e. The zero-order valence-electron chi connectivity index (χ0n) is 10.7. The van der Waals surface area contributed by atoms with Crippen molar-refractivity contribution >= 4 is 27.8 Å². The summed E-state index contributed by atoms with van der Waals surface area (Å²) in [7, 11) is 1.54. The van der Waals surface area contributed by atoms with Crippen LogP contribution in [0.3, 0.4) is 0 Å². The Morgan fingerprint density at radius 3 is 2.83 bits per heavy atom. The van der Waals surface area contributed by atoms with E-state index in [0.717, 1.165) is 0 Å². The van der Waals surface area contributed by atoms with E-state index < -0.39 is 0 Å². The molecule has 1 heterocycles. The number of anilines is 1. The third kappa shape index (κ3) is 3.83. The molecule has 0 aliphatic rings. The van der Waals surface area contributed by atoms with Crippen molar-refractivity contribution in [2.24, 2.45) is 0 Å². The molecule has 0 aliphatic carbocycles. The van der Waals surface area contributed by atoms with Crippen molar-refractivity contribution < 1.29 is 9.53 Å². The molecule has 1 amide bonds. The van der Waals surface area contributed by atoms with Crippen molar-refractivity contribution in [3.63, 3.8) is 0 Å². The van der Waals surface area contributed by atoms with Crippen molar-refractivity contribution in [1.29, 1.82) is 0 Å². The molecule has 18 heavy (non-hydrogen) atoms. The summed E-state index contributed by atoms with van der Waals surface area (Å²) in [5.41, 5.74) is 0. The highest BCUT2D eigenvalue weighted by Crippen LogP contribution is 2.23. The van der Waals surface area contributed by atoms with Gasteiger partial charge in [-0.2, -0.15) is 4.98 Å². The summed E-state index contributed by atoms with van der Waals surface area (Å²) in [5.74, 6) is 0.878. The Bertz CT molecular complexity index is 414. The van der Waals surface area contributed by atoms with Gasteiger partial charge in [0.25, 0.3) is 0 Å². The number of likely N-dealkylation sites (N-methyl/N-ethyl adjacent to an activating group) is 2. The van der Waals surface area contributed by atoms with Gasteiger partial charge in [-0.25, -0.2) is 4.98 Å². The highest BCUT2D eigenvalue weighted by Gasteiger charge is 2.14. The monoisotopic (exact) mass is 316 g/mol. The van der Waals surface area contributed by atoms with Crippen LogP contribution in [0.2, 0.25) is 0 Å². The van der Waals surface area contributed by atoms with Crippen molar-refractivity contribution in [3.05, 3.63) is 10.7 Å². The van der Waals surface area contributed by atoms with E-state index in [1.165, 1.54) is 7.11 Å². The Morgan fingerprint density at radius 1 is 1.56 bits per heavy atom. The number of nitrogens with zero attached hydrogens (tertiary/aromatic N) is 3. The van der Waals surface area contributed by atoms with Gasteiger partial charge in [-0.15, -0.1) is 0 Å². The van der Waals surface area contributed by atoms with E-state index in [0.29, 0.717) is 29.4 Å². The van der Waals surface area contributed by atoms with Crippen LogP contribution >= 0.6 is 15.9 Å². The molecule has 100 valence electrons.